The minimum atomic E-state index is -0.598. The summed E-state index contributed by atoms with van der Waals surface area (Å²) in [5.41, 5.74) is 0.900. The van der Waals surface area contributed by atoms with Crippen LogP contribution in [0.2, 0.25) is 0 Å². The van der Waals surface area contributed by atoms with E-state index < -0.39 is 12.2 Å². The Hall–Kier alpha value is -1.39. The molecule has 0 radical (unpaired) electrons. The summed E-state index contributed by atoms with van der Waals surface area (Å²) < 4.78 is 5.41. The molecule has 0 aliphatic carbocycles. The van der Waals surface area contributed by atoms with Crippen LogP contribution in [0.5, 0.6) is 0 Å². The Balaban J connectivity index is 2.08. The molecule has 3 unspecified atom stereocenters. The Bertz CT molecular complexity index is 495. The van der Waals surface area contributed by atoms with Gasteiger partial charge in [-0.25, -0.2) is 0 Å². The molecular formula is C18H27NO3. The van der Waals surface area contributed by atoms with E-state index in [2.05, 4.69) is 20.8 Å². The monoisotopic (exact) mass is 305 g/mol. The number of hydrogen-bond acceptors (Lipinski definition) is 3. The van der Waals surface area contributed by atoms with E-state index in [1.54, 1.807) is 12.0 Å². The highest BCUT2D eigenvalue weighted by Gasteiger charge is 2.38. The number of amides is 1. The molecule has 3 atom stereocenters. The Kier molecular flexibility index (Phi) is 5.24. The van der Waals surface area contributed by atoms with Gasteiger partial charge in [-0.3, -0.25) is 4.79 Å². The molecule has 4 nitrogen and oxygen atoms in total. The zero-order valence-electron chi connectivity index (χ0n) is 14.0. The zero-order valence-corrected chi connectivity index (χ0v) is 14.0. The highest BCUT2D eigenvalue weighted by molar-refractivity contribution is 5.82. The Morgan fingerprint density at radius 3 is 2.45 bits per heavy atom. The number of benzene rings is 1. The lowest BCUT2D eigenvalue weighted by atomic mass is 9.73. The second-order valence-corrected chi connectivity index (χ2v) is 7.14. The minimum absolute atomic E-state index is 0.0502. The molecule has 1 saturated heterocycles. The third-order valence-electron chi connectivity index (χ3n) is 4.57. The zero-order chi connectivity index (χ0) is 16.3. The maximum Gasteiger partial charge on any atom is 0.256 e. The number of β-amino-alcohol motifs (C(OH)–C–C–N with tert-alkyl or cyclic N) is 1. The van der Waals surface area contributed by atoms with Gasteiger partial charge in [0.15, 0.2) is 6.10 Å². The summed E-state index contributed by atoms with van der Waals surface area (Å²) in [6.45, 7) is 7.47. The highest BCUT2D eigenvalue weighted by atomic mass is 16.5. The Labute approximate surface area is 133 Å². The molecule has 4 heteroatoms. The van der Waals surface area contributed by atoms with E-state index in [1.165, 1.54) is 0 Å². The van der Waals surface area contributed by atoms with Crippen molar-refractivity contribution in [3.8, 4) is 0 Å². The molecule has 0 bridgehead atoms. The fourth-order valence-electron chi connectivity index (χ4n) is 3.32. The first-order valence-electron chi connectivity index (χ1n) is 7.89. The number of carbonyl (C=O) groups is 1. The fraction of sp³-hybridized carbons (Fsp3) is 0.611. The van der Waals surface area contributed by atoms with Gasteiger partial charge in [0.05, 0.1) is 6.10 Å². The molecule has 1 N–H and O–H groups in total. The standard InChI is InChI=1S/C18H27NO3/c1-18(2,3)14-10-11-19(12-15(14)20)17(21)16(22-4)13-8-6-5-7-9-13/h5-9,14-16,20H,10-12H2,1-4H3. The predicted molar refractivity (Wildman–Crippen MR) is 86.3 cm³/mol. The SMILES string of the molecule is COC(C(=O)N1CCC(C(C)(C)C)C(O)C1)c1ccccc1. The molecule has 2 rings (SSSR count). The molecule has 0 saturated carbocycles. The van der Waals surface area contributed by atoms with Crippen LogP contribution in [0.4, 0.5) is 0 Å². The van der Waals surface area contributed by atoms with Gasteiger partial charge in [-0.15, -0.1) is 0 Å². The van der Waals surface area contributed by atoms with Crippen molar-refractivity contribution in [3.63, 3.8) is 0 Å². The first-order valence-corrected chi connectivity index (χ1v) is 7.89. The number of aliphatic hydroxyl groups excluding tert-OH is 1. The first kappa shape index (κ1) is 17.0. The molecule has 1 aromatic rings. The largest absolute Gasteiger partial charge is 0.391 e. The van der Waals surface area contributed by atoms with Crippen molar-refractivity contribution in [1.29, 1.82) is 0 Å². The van der Waals surface area contributed by atoms with E-state index in [9.17, 15) is 9.90 Å². The number of rotatable bonds is 3. The summed E-state index contributed by atoms with van der Waals surface area (Å²) in [4.78, 5) is 14.5. The number of nitrogens with zero attached hydrogens (tertiary/aromatic N) is 1. The molecule has 1 aliphatic heterocycles. The van der Waals surface area contributed by atoms with Crippen molar-refractivity contribution in [2.75, 3.05) is 20.2 Å². The van der Waals surface area contributed by atoms with E-state index in [0.717, 1.165) is 12.0 Å². The lowest BCUT2D eigenvalue weighted by Gasteiger charge is -2.42. The van der Waals surface area contributed by atoms with Crippen LogP contribution in [0.25, 0.3) is 0 Å². The minimum Gasteiger partial charge on any atom is -0.391 e. The van der Waals surface area contributed by atoms with Gasteiger partial charge in [0.2, 0.25) is 0 Å². The van der Waals surface area contributed by atoms with Crippen molar-refractivity contribution in [1.82, 2.24) is 4.90 Å². The number of likely N-dealkylation sites (tertiary alicyclic amines) is 1. The van der Waals surface area contributed by atoms with Gasteiger partial charge < -0.3 is 14.7 Å². The summed E-state index contributed by atoms with van der Waals surface area (Å²) >= 11 is 0. The Morgan fingerprint density at radius 1 is 1.32 bits per heavy atom. The van der Waals surface area contributed by atoms with Crippen LogP contribution in [0.1, 0.15) is 38.9 Å². The number of methoxy groups -OCH3 is 1. The molecule has 1 fully saturated rings. The van der Waals surface area contributed by atoms with Crippen LogP contribution in [-0.2, 0) is 9.53 Å². The molecular weight excluding hydrogens is 278 g/mol. The summed E-state index contributed by atoms with van der Waals surface area (Å²) in [5, 5.41) is 10.4. The van der Waals surface area contributed by atoms with Gasteiger partial charge in [-0.05, 0) is 23.3 Å². The first-order chi connectivity index (χ1) is 10.3. The molecule has 1 aromatic carbocycles. The molecule has 1 aliphatic rings. The second-order valence-electron chi connectivity index (χ2n) is 7.14. The van der Waals surface area contributed by atoms with E-state index in [1.807, 2.05) is 30.3 Å². The lowest BCUT2D eigenvalue weighted by molar-refractivity contribution is -0.148. The molecule has 122 valence electrons. The van der Waals surface area contributed by atoms with Crippen molar-refractivity contribution in [2.45, 2.75) is 39.4 Å². The topological polar surface area (TPSA) is 49.8 Å². The van der Waals surface area contributed by atoms with E-state index in [4.69, 9.17) is 4.74 Å². The summed E-state index contributed by atoms with van der Waals surface area (Å²) in [6.07, 6.45) is -0.257. The van der Waals surface area contributed by atoms with Crippen LogP contribution >= 0.6 is 0 Å². The molecule has 0 aromatic heterocycles. The van der Waals surface area contributed by atoms with E-state index in [0.29, 0.717) is 13.1 Å². The van der Waals surface area contributed by atoms with E-state index in [-0.39, 0.29) is 17.2 Å². The number of piperidine rings is 1. The third kappa shape index (κ3) is 3.68. The lowest BCUT2D eigenvalue weighted by Crippen LogP contribution is -2.51. The quantitative estimate of drug-likeness (QED) is 0.934. The number of ether oxygens (including phenoxy) is 1. The van der Waals surface area contributed by atoms with Crippen LogP contribution in [-0.4, -0.2) is 42.2 Å². The van der Waals surface area contributed by atoms with Crippen LogP contribution in [0.15, 0.2) is 30.3 Å². The van der Waals surface area contributed by atoms with E-state index >= 15 is 0 Å². The molecule has 22 heavy (non-hydrogen) atoms. The number of hydrogen-bond donors (Lipinski definition) is 1. The van der Waals surface area contributed by atoms with Gasteiger partial charge in [0.1, 0.15) is 0 Å². The smallest absolute Gasteiger partial charge is 0.256 e. The van der Waals surface area contributed by atoms with Gasteiger partial charge >= 0.3 is 0 Å². The van der Waals surface area contributed by atoms with Gasteiger partial charge in [0.25, 0.3) is 5.91 Å². The normalized spacial score (nSPS) is 24.1. The highest BCUT2D eigenvalue weighted by Crippen LogP contribution is 2.35. The van der Waals surface area contributed by atoms with Crippen LogP contribution < -0.4 is 0 Å². The summed E-state index contributed by atoms with van der Waals surface area (Å²) in [7, 11) is 1.55. The van der Waals surface area contributed by atoms with Crippen molar-refractivity contribution in [2.24, 2.45) is 11.3 Å². The average molecular weight is 305 g/mol. The molecule has 0 spiro atoms. The van der Waals surface area contributed by atoms with Crippen molar-refractivity contribution in [3.05, 3.63) is 35.9 Å². The molecule has 1 heterocycles. The van der Waals surface area contributed by atoms with Gasteiger partial charge in [0, 0.05) is 20.2 Å². The maximum atomic E-state index is 12.7. The third-order valence-corrected chi connectivity index (χ3v) is 4.57. The van der Waals surface area contributed by atoms with Crippen molar-refractivity contribution < 1.29 is 14.6 Å². The summed E-state index contributed by atoms with van der Waals surface area (Å²) in [6, 6.07) is 9.50. The average Bonchev–Trinajstić information content (AvgIpc) is 2.47. The van der Waals surface area contributed by atoms with Gasteiger partial charge in [-0.2, -0.15) is 0 Å². The van der Waals surface area contributed by atoms with Crippen LogP contribution in [0, 0.1) is 11.3 Å². The second kappa shape index (κ2) is 6.80. The summed E-state index contributed by atoms with van der Waals surface area (Å²) in [5.74, 6) is 0.148. The molecule has 1 amide bonds. The van der Waals surface area contributed by atoms with Crippen LogP contribution in [0.3, 0.4) is 0 Å². The van der Waals surface area contributed by atoms with Crippen molar-refractivity contribution >= 4 is 5.91 Å². The fourth-order valence-corrected chi connectivity index (χ4v) is 3.32. The maximum absolute atomic E-state index is 12.7. The Morgan fingerprint density at radius 2 is 1.95 bits per heavy atom. The number of carbonyl (C=O) groups excluding carboxylic acids is 1. The predicted octanol–water partition coefficient (Wildman–Crippen LogP) is 2.63. The van der Waals surface area contributed by atoms with Gasteiger partial charge in [-0.1, -0.05) is 51.1 Å². The number of aliphatic hydroxyl groups is 1.